The van der Waals surface area contributed by atoms with E-state index in [2.05, 4.69) is 39.1 Å². The third-order valence-electron chi connectivity index (χ3n) is 3.07. The van der Waals surface area contributed by atoms with Crippen LogP contribution in [0.4, 0.5) is 5.82 Å². The number of nitrogens with two attached hydrogens (primary N) is 1. The summed E-state index contributed by atoms with van der Waals surface area (Å²) in [6.07, 6.45) is 0. The maximum atomic E-state index is 6.19. The molecule has 0 aliphatic rings. The summed E-state index contributed by atoms with van der Waals surface area (Å²) in [7, 11) is 1.86. The number of rotatable bonds is 2. The molecule has 2 aromatic heterocycles. The number of hydrogen-bond donors (Lipinski definition) is 1. The lowest BCUT2D eigenvalue weighted by Crippen LogP contribution is -1.97. The molecule has 0 amide bonds. The molecule has 0 unspecified atom stereocenters. The largest absolute Gasteiger partial charge is 0.383 e. The number of nitrogens with zero attached hydrogens (tertiary/aromatic N) is 2. The minimum atomic E-state index is 0.656. The summed E-state index contributed by atoms with van der Waals surface area (Å²) in [5.74, 6) is 0.656. The van der Waals surface area contributed by atoms with Gasteiger partial charge in [-0.1, -0.05) is 23.7 Å². The second kappa shape index (κ2) is 5.38. The van der Waals surface area contributed by atoms with Crippen molar-refractivity contribution in [3.8, 4) is 22.4 Å². The molecule has 0 radical (unpaired) electrons. The van der Waals surface area contributed by atoms with Crippen molar-refractivity contribution in [2.45, 2.75) is 0 Å². The Labute approximate surface area is 139 Å². The van der Waals surface area contributed by atoms with Gasteiger partial charge in [0.05, 0.1) is 8.45 Å². The Morgan fingerprint density at radius 3 is 2.55 bits per heavy atom. The van der Waals surface area contributed by atoms with Crippen LogP contribution in [0.15, 0.2) is 35.7 Å². The molecule has 3 nitrogen and oxygen atoms in total. The number of halogens is 2. The molecule has 0 spiro atoms. The van der Waals surface area contributed by atoms with E-state index in [0.29, 0.717) is 10.8 Å². The molecule has 0 atom stereocenters. The third-order valence-corrected chi connectivity index (χ3v) is 5.11. The van der Waals surface area contributed by atoms with Crippen LogP contribution in [0.5, 0.6) is 0 Å². The van der Waals surface area contributed by atoms with Crippen LogP contribution in [-0.4, -0.2) is 9.78 Å². The van der Waals surface area contributed by atoms with E-state index in [0.717, 1.165) is 22.4 Å². The topological polar surface area (TPSA) is 43.8 Å². The van der Waals surface area contributed by atoms with Gasteiger partial charge in [0.25, 0.3) is 0 Å². The molecule has 20 heavy (non-hydrogen) atoms. The van der Waals surface area contributed by atoms with Crippen LogP contribution < -0.4 is 5.73 Å². The summed E-state index contributed by atoms with van der Waals surface area (Å²) >= 11 is 9.96. The van der Waals surface area contributed by atoms with Crippen LogP contribution in [0.3, 0.4) is 0 Å². The van der Waals surface area contributed by atoms with Crippen molar-refractivity contribution < 1.29 is 0 Å². The fourth-order valence-corrected chi connectivity index (χ4v) is 3.53. The normalized spacial score (nSPS) is 10.9. The predicted octanol–water partition coefficient (Wildman–Crippen LogP) is 4.66. The van der Waals surface area contributed by atoms with Gasteiger partial charge in [0.1, 0.15) is 11.5 Å². The van der Waals surface area contributed by atoms with E-state index in [1.807, 2.05) is 31.3 Å². The first-order chi connectivity index (χ1) is 9.56. The average molecular weight is 416 g/mol. The second-order valence-electron chi connectivity index (χ2n) is 4.38. The fourth-order valence-electron chi connectivity index (χ4n) is 2.07. The zero-order valence-corrected chi connectivity index (χ0v) is 14.3. The molecule has 0 bridgehead atoms. The predicted molar refractivity (Wildman–Crippen MR) is 94.1 cm³/mol. The van der Waals surface area contributed by atoms with Crippen LogP contribution in [0, 0.1) is 2.88 Å². The number of hydrogen-bond acceptors (Lipinski definition) is 3. The second-order valence-corrected chi connectivity index (χ2v) is 7.62. The van der Waals surface area contributed by atoms with Crippen molar-refractivity contribution in [2.75, 3.05) is 5.73 Å². The number of anilines is 1. The Morgan fingerprint density at radius 1 is 1.25 bits per heavy atom. The van der Waals surface area contributed by atoms with Crippen LogP contribution in [0.25, 0.3) is 22.4 Å². The number of nitrogen functional groups attached to an aromatic ring is 1. The lowest BCUT2D eigenvalue weighted by Gasteiger charge is -2.03. The van der Waals surface area contributed by atoms with Crippen molar-refractivity contribution in [1.82, 2.24) is 9.78 Å². The lowest BCUT2D eigenvalue weighted by molar-refractivity contribution is 0.782. The van der Waals surface area contributed by atoms with E-state index in [1.165, 1.54) is 2.88 Å². The van der Waals surface area contributed by atoms with E-state index < -0.39 is 0 Å². The smallest absolute Gasteiger partial charge is 0.129 e. The monoisotopic (exact) mass is 415 g/mol. The molecular weight excluding hydrogens is 405 g/mol. The summed E-state index contributed by atoms with van der Waals surface area (Å²) in [5, 5.41) is 7.37. The Bertz CT molecular complexity index is 761. The van der Waals surface area contributed by atoms with Crippen molar-refractivity contribution in [1.29, 1.82) is 0 Å². The first kappa shape index (κ1) is 13.9. The standard InChI is InChI=1S/C14H11ClIN3S/c1-19-14(17)12(8-2-4-10(15)5-3-8)13(18-19)9-6-11(16)20-7-9/h2-7H,17H2,1H3. The lowest BCUT2D eigenvalue weighted by atomic mass is 10.0. The van der Waals surface area contributed by atoms with Crippen LogP contribution in [0.2, 0.25) is 5.02 Å². The molecule has 0 saturated heterocycles. The van der Waals surface area contributed by atoms with Gasteiger partial charge in [-0.05, 0) is 46.4 Å². The van der Waals surface area contributed by atoms with Gasteiger partial charge in [-0.25, -0.2) is 0 Å². The molecule has 2 N–H and O–H groups in total. The third kappa shape index (κ3) is 2.45. The van der Waals surface area contributed by atoms with Gasteiger partial charge in [-0.2, -0.15) is 5.10 Å². The fraction of sp³-hybridized carbons (Fsp3) is 0.0714. The van der Waals surface area contributed by atoms with Crippen molar-refractivity contribution in [3.05, 3.63) is 43.6 Å². The minimum absolute atomic E-state index is 0.656. The molecule has 0 aliphatic carbocycles. The van der Waals surface area contributed by atoms with Gasteiger partial charge in [0.15, 0.2) is 0 Å². The summed E-state index contributed by atoms with van der Waals surface area (Å²) in [5.41, 5.74) is 10.2. The first-order valence-corrected chi connectivity index (χ1v) is 8.22. The summed E-state index contributed by atoms with van der Waals surface area (Å²) < 4.78 is 2.94. The number of aromatic nitrogens is 2. The molecular formula is C14H11ClIN3S. The molecule has 0 saturated carbocycles. The highest BCUT2D eigenvalue weighted by Gasteiger charge is 2.18. The Hall–Kier alpha value is -1.05. The van der Waals surface area contributed by atoms with Gasteiger partial charge in [-0.15, -0.1) is 11.3 Å². The summed E-state index contributed by atoms with van der Waals surface area (Å²) in [6.45, 7) is 0. The van der Waals surface area contributed by atoms with E-state index in [4.69, 9.17) is 17.3 Å². The molecule has 3 aromatic rings. The summed E-state index contributed by atoms with van der Waals surface area (Å²) in [6, 6.07) is 9.79. The number of thiophene rings is 1. The minimum Gasteiger partial charge on any atom is -0.383 e. The maximum absolute atomic E-state index is 6.19. The Morgan fingerprint density at radius 2 is 1.95 bits per heavy atom. The number of aryl methyl sites for hydroxylation is 1. The first-order valence-electron chi connectivity index (χ1n) is 5.89. The SMILES string of the molecule is Cn1nc(-c2csc(I)c2)c(-c2ccc(Cl)cc2)c1N. The zero-order valence-electron chi connectivity index (χ0n) is 10.6. The van der Waals surface area contributed by atoms with E-state index in [-0.39, 0.29) is 0 Å². The van der Waals surface area contributed by atoms with Crippen LogP contribution >= 0.6 is 45.5 Å². The molecule has 6 heteroatoms. The van der Waals surface area contributed by atoms with E-state index >= 15 is 0 Å². The van der Waals surface area contributed by atoms with Gasteiger partial charge >= 0.3 is 0 Å². The molecule has 0 aliphatic heterocycles. The summed E-state index contributed by atoms with van der Waals surface area (Å²) in [4.78, 5) is 0. The maximum Gasteiger partial charge on any atom is 0.129 e. The molecule has 3 rings (SSSR count). The van der Waals surface area contributed by atoms with Crippen molar-refractivity contribution in [3.63, 3.8) is 0 Å². The van der Waals surface area contributed by atoms with Gasteiger partial charge in [-0.3, -0.25) is 4.68 Å². The van der Waals surface area contributed by atoms with E-state index in [9.17, 15) is 0 Å². The highest BCUT2D eigenvalue weighted by molar-refractivity contribution is 14.1. The Kier molecular flexibility index (Phi) is 3.74. The van der Waals surface area contributed by atoms with Crippen molar-refractivity contribution >= 4 is 51.3 Å². The highest BCUT2D eigenvalue weighted by Crippen LogP contribution is 2.38. The molecule has 2 heterocycles. The zero-order chi connectivity index (χ0) is 14.3. The molecule has 102 valence electrons. The quantitative estimate of drug-likeness (QED) is 0.619. The van der Waals surface area contributed by atoms with Gasteiger partial charge < -0.3 is 5.73 Å². The highest BCUT2D eigenvalue weighted by atomic mass is 127. The molecule has 1 aromatic carbocycles. The average Bonchev–Trinajstić information content (AvgIpc) is 2.97. The van der Waals surface area contributed by atoms with Crippen LogP contribution in [-0.2, 0) is 7.05 Å². The Balaban J connectivity index is 2.21. The number of benzene rings is 1. The van der Waals surface area contributed by atoms with Gasteiger partial charge in [0, 0.05) is 23.0 Å². The van der Waals surface area contributed by atoms with Crippen LogP contribution in [0.1, 0.15) is 0 Å². The van der Waals surface area contributed by atoms with Crippen molar-refractivity contribution in [2.24, 2.45) is 7.05 Å². The van der Waals surface area contributed by atoms with Gasteiger partial charge in [0.2, 0.25) is 0 Å². The molecule has 0 fully saturated rings. The van der Waals surface area contributed by atoms with E-state index in [1.54, 1.807) is 16.0 Å².